The van der Waals surface area contributed by atoms with Crippen LogP contribution in [0.3, 0.4) is 0 Å². The number of aromatic nitrogens is 3. The van der Waals surface area contributed by atoms with E-state index in [0.29, 0.717) is 18.0 Å². The van der Waals surface area contributed by atoms with E-state index in [-0.39, 0.29) is 28.9 Å². The van der Waals surface area contributed by atoms with Crippen molar-refractivity contribution in [1.29, 1.82) is 0 Å². The summed E-state index contributed by atoms with van der Waals surface area (Å²) in [5.41, 5.74) is 1.29. The van der Waals surface area contributed by atoms with Crippen molar-refractivity contribution < 1.29 is 18.3 Å². The Bertz CT molecular complexity index is 1270. The fraction of sp³-hybridized carbons (Fsp3) is 0.160. The molecule has 0 aliphatic heterocycles. The molecule has 1 aromatic heterocycles. The Morgan fingerprint density at radius 2 is 1.64 bits per heavy atom. The molecule has 0 fully saturated rings. The molecule has 0 bridgehead atoms. The van der Waals surface area contributed by atoms with Gasteiger partial charge in [-0.25, -0.2) is 13.5 Å². The first-order chi connectivity index (χ1) is 15.9. The Morgan fingerprint density at radius 1 is 0.970 bits per heavy atom. The van der Waals surface area contributed by atoms with Crippen molar-refractivity contribution >= 4 is 11.6 Å². The fourth-order valence-corrected chi connectivity index (χ4v) is 3.12. The van der Waals surface area contributed by atoms with Crippen molar-refractivity contribution in [3.8, 4) is 23.1 Å². The Kier molecular flexibility index (Phi) is 6.44. The summed E-state index contributed by atoms with van der Waals surface area (Å²) in [5, 5.41) is 7.06. The van der Waals surface area contributed by atoms with E-state index in [1.165, 1.54) is 28.9 Å². The number of rotatable bonds is 7. The highest BCUT2D eigenvalue weighted by molar-refractivity contribution is 6.04. The molecule has 0 aliphatic rings. The normalized spacial score (nSPS) is 10.9. The van der Waals surface area contributed by atoms with Gasteiger partial charge in [0, 0.05) is 5.69 Å². The molecule has 1 N–H and O–H groups in total. The lowest BCUT2D eigenvalue weighted by molar-refractivity contribution is 0.102. The molecule has 1 amide bonds. The van der Waals surface area contributed by atoms with Crippen LogP contribution in [0.2, 0.25) is 0 Å². The Hall–Kier alpha value is -4.07. The van der Waals surface area contributed by atoms with Gasteiger partial charge in [-0.05, 0) is 54.4 Å². The third-order valence-electron chi connectivity index (χ3n) is 4.74. The number of anilines is 1. The number of nitrogens with zero attached hydrogens (tertiary/aromatic N) is 3. The first kappa shape index (κ1) is 22.1. The third-order valence-corrected chi connectivity index (χ3v) is 4.74. The molecular formula is C25H22F2N4O2. The van der Waals surface area contributed by atoms with Crippen molar-refractivity contribution in [2.24, 2.45) is 5.92 Å². The Balaban J connectivity index is 1.63. The molecule has 6 nitrogen and oxygen atoms in total. The Morgan fingerprint density at radius 3 is 2.30 bits per heavy atom. The predicted octanol–water partition coefficient (Wildman–Crippen LogP) is 5.50. The molecule has 168 valence electrons. The van der Waals surface area contributed by atoms with Gasteiger partial charge in [-0.3, -0.25) is 4.79 Å². The van der Waals surface area contributed by atoms with Crippen LogP contribution in [0.1, 0.15) is 24.2 Å². The van der Waals surface area contributed by atoms with Crippen molar-refractivity contribution in [2.45, 2.75) is 13.8 Å². The molecule has 0 spiro atoms. The lowest BCUT2D eigenvalue weighted by Crippen LogP contribution is -2.13. The number of hydrogen-bond donors (Lipinski definition) is 1. The SMILES string of the molecule is CC(C)COc1nc(-c2ccccc2F)n(-c2ccc(NC(=O)c3ccccc3F)cc2)n1. The average Bonchev–Trinajstić information content (AvgIpc) is 3.23. The molecule has 33 heavy (non-hydrogen) atoms. The smallest absolute Gasteiger partial charge is 0.336 e. The lowest BCUT2D eigenvalue weighted by Gasteiger charge is -2.09. The van der Waals surface area contributed by atoms with Crippen LogP contribution in [0, 0.1) is 17.6 Å². The molecule has 3 aromatic carbocycles. The maximum atomic E-state index is 14.5. The van der Waals surface area contributed by atoms with Gasteiger partial charge in [0.15, 0.2) is 5.82 Å². The van der Waals surface area contributed by atoms with E-state index in [2.05, 4.69) is 15.4 Å². The summed E-state index contributed by atoms with van der Waals surface area (Å²) in [6, 6.07) is 18.9. The molecule has 0 radical (unpaired) electrons. The molecule has 0 atom stereocenters. The van der Waals surface area contributed by atoms with Crippen LogP contribution in [0.25, 0.3) is 17.1 Å². The summed E-state index contributed by atoms with van der Waals surface area (Å²) in [6.07, 6.45) is 0. The number of carbonyl (C=O) groups is 1. The highest BCUT2D eigenvalue weighted by atomic mass is 19.1. The molecule has 0 saturated carbocycles. The van der Waals surface area contributed by atoms with Gasteiger partial charge in [-0.1, -0.05) is 38.1 Å². The number of amides is 1. The topological polar surface area (TPSA) is 69.0 Å². The van der Waals surface area contributed by atoms with E-state index in [4.69, 9.17) is 4.74 Å². The largest absolute Gasteiger partial charge is 0.462 e. The summed E-state index contributed by atoms with van der Waals surface area (Å²) in [5.74, 6) is -1.03. The van der Waals surface area contributed by atoms with Crippen LogP contribution in [0.5, 0.6) is 6.01 Å². The molecule has 8 heteroatoms. The minimum absolute atomic E-state index is 0.0494. The minimum Gasteiger partial charge on any atom is -0.462 e. The van der Waals surface area contributed by atoms with Gasteiger partial charge < -0.3 is 10.1 Å². The monoisotopic (exact) mass is 448 g/mol. The van der Waals surface area contributed by atoms with Crippen molar-refractivity contribution in [2.75, 3.05) is 11.9 Å². The van der Waals surface area contributed by atoms with Crippen LogP contribution < -0.4 is 10.1 Å². The van der Waals surface area contributed by atoms with Gasteiger partial charge in [0.25, 0.3) is 5.91 Å². The standard InChI is InChI=1S/C25H22F2N4O2/c1-16(2)15-33-25-29-23(19-7-3-5-9-21(19)26)31(30-25)18-13-11-17(12-14-18)28-24(32)20-8-4-6-10-22(20)27/h3-14,16H,15H2,1-2H3,(H,28,32). The first-order valence-corrected chi connectivity index (χ1v) is 10.4. The zero-order valence-corrected chi connectivity index (χ0v) is 18.1. The molecule has 4 rings (SSSR count). The molecule has 4 aromatic rings. The molecule has 0 aliphatic carbocycles. The molecule has 1 heterocycles. The van der Waals surface area contributed by atoms with Crippen LogP contribution in [-0.2, 0) is 0 Å². The van der Waals surface area contributed by atoms with Crippen LogP contribution in [0.4, 0.5) is 14.5 Å². The number of hydrogen-bond acceptors (Lipinski definition) is 4. The average molecular weight is 448 g/mol. The number of carbonyl (C=O) groups excluding carboxylic acids is 1. The van der Waals surface area contributed by atoms with Gasteiger partial charge in [-0.15, -0.1) is 5.10 Å². The third kappa shape index (κ3) is 5.06. The summed E-state index contributed by atoms with van der Waals surface area (Å²) in [7, 11) is 0. The van der Waals surface area contributed by atoms with Crippen LogP contribution in [0.15, 0.2) is 72.8 Å². The number of halogens is 2. The second kappa shape index (κ2) is 9.60. The lowest BCUT2D eigenvalue weighted by atomic mass is 10.2. The van der Waals surface area contributed by atoms with E-state index in [1.54, 1.807) is 48.5 Å². The predicted molar refractivity (Wildman–Crippen MR) is 121 cm³/mol. The van der Waals surface area contributed by atoms with Gasteiger partial charge in [0.05, 0.1) is 23.4 Å². The maximum Gasteiger partial charge on any atom is 0.336 e. The van der Waals surface area contributed by atoms with Crippen LogP contribution >= 0.6 is 0 Å². The van der Waals surface area contributed by atoms with Gasteiger partial charge >= 0.3 is 6.01 Å². The Labute approximate surface area is 189 Å². The van der Waals surface area contributed by atoms with Crippen LogP contribution in [-0.4, -0.2) is 27.3 Å². The quantitative estimate of drug-likeness (QED) is 0.405. The van der Waals surface area contributed by atoms with Gasteiger partial charge in [0.2, 0.25) is 0 Å². The van der Waals surface area contributed by atoms with E-state index in [9.17, 15) is 13.6 Å². The summed E-state index contributed by atoms with van der Waals surface area (Å²) >= 11 is 0. The summed E-state index contributed by atoms with van der Waals surface area (Å²) < 4.78 is 35.5. The maximum absolute atomic E-state index is 14.5. The summed E-state index contributed by atoms with van der Waals surface area (Å²) in [6.45, 7) is 4.42. The van der Waals surface area contributed by atoms with Gasteiger partial charge in [-0.2, -0.15) is 4.98 Å². The molecular weight excluding hydrogens is 426 g/mol. The number of nitrogens with one attached hydrogen (secondary N) is 1. The van der Waals surface area contributed by atoms with E-state index < -0.39 is 17.5 Å². The van der Waals surface area contributed by atoms with Crippen molar-refractivity contribution in [1.82, 2.24) is 14.8 Å². The van der Waals surface area contributed by atoms with E-state index >= 15 is 0 Å². The molecule has 0 unspecified atom stereocenters. The van der Waals surface area contributed by atoms with Crippen molar-refractivity contribution in [3.63, 3.8) is 0 Å². The van der Waals surface area contributed by atoms with Crippen molar-refractivity contribution in [3.05, 3.63) is 90.0 Å². The van der Waals surface area contributed by atoms with Gasteiger partial charge in [0.1, 0.15) is 11.6 Å². The molecule has 0 saturated heterocycles. The highest BCUT2D eigenvalue weighted by Gasteiger charge is 2.18. The number of ether oxygens (including phenoxy) is 1. The fourth-order valence-electron chi connectivity index (χ4n) is 3.12. The first-order valence-electron chi connectivity index (χ1n) is 10.4. The van der Waals surface area contributed by atoms with E-state index in [1.807, 2.05) is 13.8 Å². The summed E-state index contributed by atoms with van der Waals surface area (Å²) in [4.78, 5) is 16.7. The second-order valence-corrected chi connectivity index (χ2v) is 7.80. The zero-order chi connectivity index (χ0) is 23.4. The van der Waals surface area contributed by atoms with E-state index in [0.717, 1.165) is 0 Å². The second-order valence-electron chi connectivity index (χ2n) is 7.80. The number of benzene rings is 3. The highest BCUT2D eigenvalue weighted by Crippen LogP contribution is 2.26. The zero-order valence-electron chi connectivity index (χ0n) is 18.1. The minimum atomic E-state index is -0.599.